The molecule has 0 radical (unpaired) electrons. The van der Waals surface area contributed by atoms with Gasteiger partial charge in [0.05, 0.1) is 16.2 Å². The number of fused-ring (bicyclic) bond motifs is 1. The van der Waals surface area contributed by atoms with Crippen molar-refractivity contribution in [2.45, 2.75) is 6.92 Å². The zero-order valence-electron chi connectivity index (χ0n) is 14.9. The molecule has 4 rings (SSSR count). The molecule has 142 valence electrons. The second-order valence-electron chi connectivity index (χ2n) is 6.34. The minimum Gasteiger partial charge on any atom is -0.366 e. The number of carbonyl (C=O) groups excluding carboxylic acids is 1. The van der Waals surface area contributed by atoms with Gasteiger partial charge < -0.3 is 5.73 Å². The lowest BCUT2D eigenvalue weighted by Crippen LogP contribution is -2.11. The summed E-state index contributed by atoms with van der Waals surface area (Å²) in [7, 11) is 1.70. The van der Waals surface area contributed by atoms with E-state index < -0.39 is 17.5 Å². The molecular weight excluding hydrogens is 388 g/mol. The summed E-state index contributed by atoms with van der Waals surface area (Å²) in [6, 6.07) is 6.54. The fourth-order valence-electron chi connectivity index (χ4n) is 3.33. The Morgan fingerprint density at radius 3 is 2.64 bits per heavy atom. The SMILES string of the molecule is Cc1nn(C)c(-n2cnc3cc(C(N)=O)cc(F)c32)c1-c1ccc(F)cc1Cl. The fraction of sp³-hybridized carbons (Fsp3) is 0.105. The zero-order chi connectivity index (χ0) is 20.2. The van der Waals surface area contributed by atoms with Crippen molar-refractivity contribution in [3.8, 4) is 16.9 Å². The average molecular weight is 402 g/mol. The molecule has 0 saturated carbocycles. The summed E-state index contributed by atoms with van der Waals surface area (Å²) in [5.41, 5.74) is 7.50. The van der Waals surface area contributed by atoms with Crippen LogP contribution in [0.25, 0.3) is 28.0 Å². The number of aromatic nitrogens is 4. The maximum absolute atomic E-state index is 14.8. The molecule has 2 aromatic carbocycles. The molecule has 0 unspecified atom stereocenters. The van der Waals surface area contributed by atoms with Gasteiger partial charge in [0.25, 0.3) is 0 Å². The molecule has 4 aromatic rings. The van der Waals surface area contributed by atoms with Crippen molar-refractivity contribution >= 4 is 28.5 Å². The van der Waals surface area contributed by atoms with Crippen molar-refractivity contribution in [3.63, 3.8) is 0 Å². The smallest absolute Gasteiger partial charge is 0.248 e. The molecule has 0 saturated heterocycles. The minimum atomic E-state index is -0.745. The maximum atomic E-state index is 14.8. The molecule has 0 spiro atoms. The van der Waals surface area contributed by atoms with Crippen molar-refractivity contribution in [2.75, 3.05) is 0 Å². The van der Waals surface area contributed by atoms with E-state index in [1.807, 2.05) is 0 Å². The molecule has 0 aliphatic carbocycles. The molecule has 0 atom stereocenters. The zero-order valence-corrected chi connectivity index (χ0v) is 15.6. The Bertz CT molecular complexity index is 1260. The van der Waals surface area contributed by atoms with Gasteiger partial charge in [-0.1, -0.05) is 11.6 Å². The predicted molar refractivity (Wildman–Crippen MR) is 101 cm³/mol. The van der Waals surface area contributed by atoms with Crippen LogP contribution in [0.15, 0.2) is 36.7 Å². The molecule has 1 amide bonds. The van der Waals surface area contributed by atoms with Gasteiger partial charge >= 0.3 is 0 Å². The summed E-state index contributed by atoms with van der Waals surface area (Å²) in [5, 5.41) is 4.61. The number of primary amides is 1. The second kappa shape index (κ2) is 6.42. The van der Waals surface area contributed by atoms with E-state index in [9.17, 15) is 13.6 Å². The summed E-state index contributed by atoms with van der Waals surface area (Å²) in [4.78, 5) is 15.6. The molecule has 2 N–H and O–H groups in total. The highest BCUT2D eigenvalue weighted by Crippen LogP contribution is 2.36. The summed E-state index contributed by atoms with van der Waals surface area (Å²) in [6.45, 7) is 1.78. The van der Waals surface area contributed by atoms with E-state index in [2.05, 4.69) is 10.1 Å². The fourth-order valence-corrected chi connectivity index (χ4v) is 3.59. The summed E-state index contributed by atoms with van der Waals surface area (Å²) >= 11 is 6.26. The topological polar surface area (TPSA) is 78.7 Å². The summed E-state index contributed by atoms with van der Waals surface area (Å²) in [6.07, 6.45) is 1.43. The monoisotopic (exact) mass is 401 g/mol. The number of rotatable bonds is 3. The third-order valence-electron chi connectivity index (χ3n) is 4.50. The normalized spacial score (nSPS) is 11.3. The van der Waals surface area contributed by atoms with Crippen LogP contribution in [0.5, 0.6) is 0 Å². The number of hydrogen-bond donors (Lipinski definition) is 1. The Morgan fingerprint density at radius 2 is 1.96 bits per heavy atom. The van der Waals surface area contributed by atoms with Crippen molar-refractivity contribution in [3.05, 3.63) is 64.6 Å². The van der Waals surface area contributed by atoms with E-state index in [1.54, 1.807) is 24.7 Å². The van der Waals surface area contributed by atoms with Gasteiger partial charge in [0, 0.05) is 23.7 Å². The first-order valence-electron chi connectivity index (χ1n) is 8.23. The highest BCUT2D eigenvalue weighted by atomic mass is 35.5. The average Bonchev–Trinajstić information content (AvgIpc) is 3.15. The highest BCUT2D eigenvalue weighted by Gasteiger charge is 2.22. The van der Waals surface area contributed by atoms with Gasteiger partial charge in [0.15, 0.2) is 0 Å². The summed E-state index contributed by atoms with van der Waals surface area (Å²) < 4.78 is 31.4. The van der Waals surface area contributed by atoms with Gasteiger partial charge in [-0.15, -0.1) is 0 Å². The first kappa shape index (κ1) is 18.1. The Hall–Kier alpha value is -3.26. The van der Waals surface area contributed by atoms with Crippen LogP contribution in [0.3, 0.4) is 0 Å². The first-order valence-corrected chi connectivity index (χ1v) is 8.61. The molecule has 2 heterocycles. The molecule has 9 heteroatoms. The van der Waals surface area contributed by atoms with Crippen molar-refractivity contribution in [2.24, 2.45) is 12.8 Å². The number of imidazole rings is 1. The lowest BCUT2D eigenvalue weighted by Gasteiger charge is -2.11. The highest BCUT2D eigenvalue weighted by molar-refractivity contribution is 6.33. The molecular formula is C19H14ClF2N5O. The number of hydrogen-bond acceptors (Lipinski definition) is 3. The molecule has 0 aliphatic rings. The van der Waals surface area contributed by atoms with Gasteiger partial charge in [-0.05, 0) is 37.3 Å². The molecule has 0 aliphatic heterocycles. The van der Waals surface area contributed by atoms with Gasteiger partial charge in [-0.25, -0.2) is 13.8 Å². The number of amides is 1. The van der Waals surface area contributed by atoms with Gasteiger partial charge in [-0.3, -0.25) is 14.0 Å². The molecule has 2 aromatic heterocycles. The minimum absolute atomic E-state index is 0.0261. The van der Waals surface area contributed by atoms with Crippen LogP contribution in [0.1, 0.15) is 16.1 Å². The van der Waals surface area contributed by atoms with E-state index in [4.69, 9.17) is 17.3 Å². The van der Waals surface area contributed by atoms with Gasteiger partial charge in [0.2, 0.25) is 5.91 Å². The predicted octanol–water partition coefficient (Wildman–Crippen LogP) is 3.76. The van der Waals surface area contributed by atoms with E-state index in [-0.39, 0.29) is 21.6 Å². The molecule has 28 heavy (non-hydrogen) atoms. The van der Waals surface area contributed by atoms with Crippen molar-refractivity contribution < 1.29 is 13.6 Å². The van der Waals surface area contributed by atoms with E-state index >= 15 is 0 Å². The van der Waals surface area contributed by atoms with Crippen molar-refractivity contribution in [1.29, 1.82) is 0 Å². The first-order chi connectivity index (χ1) is 13.3. The van der Waals surface area contributed by atoms with E-state index in [1.165, 1.54) is 29.1 Å². The van der Waals surface area contributed by atoms with Gasteiger partial charge in [-0.2, -0.15) is 5.10 Å². The van der Waals surface area contributed by atoms with Gasteiger partial charge in [0.1, 0.15) is 29.3 Å². The number of carbonyl (C=O) groups is 1. The molecule has 0 bridgehead atoms. The lowest BCUT2D eigenvalue weighted by molar-refractivity contribution is 0.1000. The standard InChI is InChI=1S/C19H14ClF2N5O/c1-9-16(12-4-3-11(21)7-13(12)20)19(26(2)25-9)27-8-24-15-6-10(18(23)28)5-14(22)17(15)27/h3-8H,1-2H3,(H2,23,28). The Labute approximate surface area is 163 Å². The van der Waals surface area contributed by atoms with Crippen LogP contribution >= 0.6 is 11.6 Å². The number of aryl methyl sites for hydroxylation is 2. The Balaban J connectivity index is 2.02. The van der Waals surface area contributed by atoms with E-state index in [0.29, 0.717) is 22.6 Å². The number of benzene rings is 2. The van der Waals surface area contributed by atoms with Crippen LogP contribution < -0.4 is 5.73 Å². The second-order valence-corrected chi connectivity index (χ2v) is 6.74. The maximum Gasteiger partial charge on any atom is 0.248 e. The van der Waals surface area contributed by atoms with E-state index in [0.717, 1.165) is 6.07 Å². The molecule has 6 nitrogen and oxygen atoms in total. The molecule has 0 fully saturated rings. The quantitative estimate of drug-likeness (QED) is 0.567. The van der Waals surface area contributed by atoms with Crippen LogP contribution in [-0.4, -0.2) is 25.2 Å². The lowest BCUT2D eigenvalue weighted by atomic mass is 10.1. The van der Waals surface area contributed by atoms with Crippen LogP contribution in [0.4, 0.5) is 8.78 Å². The largest absolute Gasteiger partial charge is 0.366 e. The van der Waals surface area contributed by atoms with Crippen LogP contribution in [0.2, 0.25) is 5.02 Å². The van der Waals surface area contributed by atoms with Crippen molar-refractivity contribution in [1.82, 2.24) is 19.3 Å². The number of nitrogens with two attached hydrogens (primary N) is 1. The third-order valence-corrected chi connectivity index (χ3v) is 4.81. The summed E-state index contributed by atoms with van der Waals surface area (Å²) in [5.74, 6) is -1.36. The Morgan fingerprint density at radius 1 is 1.21 bits per heavy atom. The third kappa shape index (κ3) is 2.73. The van der Waals surface area contributed by atoms with Crippen LogP contribution in [0, 0.1) is 18.6 Å². The Kier molecular flexibility index (Phi) is 4.15. The number of halogens is 3. The van der Waals surface area contributed by atoms with Crippen LogP contribution in [-0.2, 0) is 7.05 Å². The number of nitrogens with zero attached hydrogens (tertiary/aromatic N) is 4.